The molecule has 0 bridgehead atoms. The molecular formula is C22H24N4O3. The monoisotopic (exact) mass is 392 g/mol. The van der Waals surface area contributed by atoms with Gasteiger partial charge >= 0.3 is 0 Å². The second-order valence-electron chi connectivity index (χ2n) is 6.16. The van der Waals surface area contributed by atoms with Gasteiger partial charge in [0.25, 0.3) is 5.91 Å². The highest BCUT2D eigenvalue weighted by Crippen LogP contribution is 2.26. The first-order chi connectivity index (χ1) is 14.2. The fraction of sp³-hybridized carbons (Fsp3) is 0.227. The highest BCUT2D eigenvalue weighted by molar-refractivity contribution is 5.93. The number of amides is 1. The van der Waals surface area contributed by atoms with E-state index in [9.17, 15) is 4.79 Å². The molecule has 0 atom stereocenters. The number of carbonyl (C=O) groups is 1. The molecule has 2 N–H and O–H groups in total. The summed E-state index contributed by atoms with van der Waals surface area (Å²) >= 11 is 0. The van der Waals surface area contributed by atoms with Crippen molar-refractivity contribution in [2.24, 2.45) is 0 Å². The maximum atomic E-state index is 12.5. The Morgan fingerprint density at radius 1 is 1.03 bits per heavy atom. The van der Waals surface area contributed by atoms with Gasteiger partial charge in [0.2, 0.25) is 0 Å². The average Bonchev–Trinajstić information content (AvgIpc) is 2.76. The lowest BCUT2D eigenvalue weighted by Gasteiger charge is -2.12. The van der Waals surface area contributed by atoms with Crippen LogP contribution in [0.25, 0.3) is 0 Å². The second kappa shape index (κ2) is 10.1. The van der Waals surface area contributed by atoms with Crippen LogP contribution in [-0.2, 0) is 6.42 Å². The minimum Gasteiger partial charge on any atom is -0.496 e. The Labute approximate surface area is 170 Å². The predicted octanol–water partition coefficient (Wildman–Crippen LogP) is 3.60. The maximum absolute atomic E-state index is 12.5. The Bertz CT molecular complexity index is 962. The van der Waals surface area contributed by atoms with Crippen molar-refractivity contribution < 1.29 is 14.3 Å². The maximum Gasteiger partial charge on any atom is 0.270 e. The largest absolute Gasteiger partial charge is 0.496 e. The summed E-state index contributed by atoms with van der Waals surface area (Å²) in [6, 6.07) is 16.9. The molecule has 7 nitrogen and oxygen atoms in total. The Balaban J connectivity index is 1.62. The van der Waals surface area contributed by atoms with E-state index in [4.69, 9.17) is 9.47 Å². The van der Waals surface area contributed by atoms with Gasteiger partial charge < -0.3 is 20.1 Å². The summed E-state index contributed by atoms with van der Waals surface area (Å²) < 4.78 is 10.9. The number of anilines is 2. The highest BCUT2D eigenvalue weighted by Gasteiger charge is 2.10. The fourth-order valence-corrected chi connectivity index (χ4v) is 2.85. The first-order valence-corrected chi connectivity index (χ1v) is 9.42. The first-order valence-electron chi connectivity index (χ1n) is 9.42. The molecule has 0 fully saturated rings. The molecule has 1 amide bonds. The van der Waals surface area contributed by atoms with Gasteiger partial charge in [0, 0.05) is 12.6 Å². The van der Waals surface area contributed by atoms with Crippen LogP contribution in [0.15, 0.2) is 60.9 Å². The number of aromatic nitrogens is 2. The van der Waals surface area contributed by atoms with Gasteiger partial charge in [-0.25, -0.2) is 9.97 Å². The molecule has 29 heavy (non-hydrogen) atoms. The highest BCUT2D eigenvalue weighted by atomic mass is 16.5. The van der Waals surface area contributed by atoms with E-state index in [-0.39, 0.29) is 11.6 Å². The Kier molecular flexibility index (Phi) is 7.00. The van der Waals surface area contributed by atoms with Crippen LogP contribution >= 0.6 is 0 Å². The van der Waals surface area contributed by atoms with Crippen molar-refractivity contribution in [3.8, 4) is 11.5 Å². The van der Waals surface area contributed by atoms with Crippen LogP contribution in [0.5, 0.6) is 11.5 Å². The van der Waals surface area contributed by atoms with Crippen LogP contribution < -0.4 is 20.1 Å². The SMILES string of the molecule is CCOc1ccccc1Nc1cc(C(=O)NCCc2ccccc2OC)ncn1. The van der Waals surface area contributed by atoms with Crippen LogP contribution in [0.3, 0.4) is 0 Å². The van der Waals surface area contributed by atoms with Gasteiger partial charge in [-0.05, 0) is 37.1 Å². The topological polar surface area (TPSA) is 85.4 Å². The Morgan fingerprint density at radius 2 is 1.79 bits per heavy atom. The van der Waals surface area contributed by atoms with Gasteiger partial charge in [-0.3, -0.25) is 4.79 Å². The molecule has 0 radical (unpaired) electrons. The van der Waals surface area contributed by atoms with Crippen molar-refractivity contribution >= 4 is 17.4 Å². The lowest BCUT2D eigenvalue weighted by atomic mass is 10.1. The molecule has 1 aromatic heterocycles. The number of nitrogens with one attached hydrogen (secondary N) is 2. The summed E-state index contributed by atoms with van der Waals surface area (Å²) in [5.74, 6) is 1.78. The molecule has 0 aliphatic carbocycles. The summed E-state index contributed by atoms with van der Waals surface area (Å²) in [6.45, 7) is 2.95. The van der Waals surface area contributed by atoms with Crippen molar-refractivity contribution in [3.05, 3.63) is 72.2 Å². The standard InChI is InChI=1S/C22H24N4O3/c1-3-29-20-11-7-5-9-17(20)26-21-14-18(24-15-25-21)22(27)23-13-12-16-8-4-6-10-19(16)28-2/h4-11,14-15H,3,12-13H2,1-2H3,(H,23,27)(H,24,25,26). The van der Waals surface area contributed by atoms with E-state index < -0.39 is 0 Å². The third-order valence-corrected chi connectivity index (χ3v) is 4.22. The van der Waals surface area contributed by atoms with Gasteiger partial charge in [-0.1, -0.05) is 30.3 Å². The van der Waals surface area contributed by atoms with Crippen molar-refractivity contribution in [1.82, 2.24) is 15.3 Å². The Morgan fingerprint density at radius 3 is 2.59 bits per heavy atom. The molecule has 3 aromatic rings. The third kappa shape index (κ3) is 5.44. The molecule has 0 unspecified atom stereocenters. The predicted molar refractivity (Wildman–Crippen MR) is 112 cm³/mol. The van der Waals surface area contributed by atoms with Gasteiger partial charge in [0.05, 0.1) is 19.4 Å². The van der Waals surface area contributed by atoms with Crippen molar-refractivity contribution in [3.63, 3.8) is 0 Å². The number of hydrogen-bond donors (Lipinski definition) is 2. The summed E-state index contributed by atoms with van der Waals surface area (Å²) in [4.78, 5) is 20.8. The minimum atomic E-state index is -0.261. The second-order valence-corrected chi connectivity index (χ2v) is 6.16. The van der Waals surface area contributed by atoms with Crippen LogP contribution in [-0.4, -0.2) is 36.1 Å². The van der Waals surface area contributed by atoms with Crippen LogP contribution in [0.1, 0.15) is 23.0 Å². The van der Waals surface area contributed by atoms with Crippen LogP contribution in [0.4, 0.5) is 11.5 Å². The van der Waals surface area contributed by atoms with Gasteiger partial charge in [0.1, 0.15) is 29.3 Å². The summed E-state index contributed by atoms with van der Waals surface area (Å²) in [6.07, 6.45) is 2.02. The van der Waals surface area contributed by atoms with Gasteiger partial charge in [0.15, 0.2) is 0 Å². The van der Waals surface area contributed by atoms with Crippen molar-refractivity contribution in [2.75, 3.05) is 25.6 Å². The smallest absolute Gasteiger partial charge is 0.270 e. The van der Waals surface area contributed by atoms with Crippen LogP contribution in [0.2, 0.25) is 0 Å². The van der Waals surface area contributed by atoms with E-state index in [2.05, 4.69) is 20.6 Å². The lowest BCUT2D eigenvalue weighted by Crippen LogP contribution is -2.26. The first kappa shape index (κ1) is 20.1. The van der Waals surface area contributed by atoms with Gasteiger partial charge in [-0.2, -0.15) is 0 Å². The van der Waals surface area contributed by atoms with Gasteiger partial charge in [-0.15, -0.1) is 0 Å². The summed E-state index contributed by atoms with van der Waals surface area (Å²) in [5.41, 5.74) is 2.10. The number of para-hydroxylation sites is 3. The number of nitrogens with zero attached hydrogens (tertiary/aromatic N) is 2. The molecule has 0 aliphatic heterocycles. The molecule has 0 aliphatic rings. The number of methoxy groups -OCH3 is 1. The summed E-state index contributed by atoms with van der Waals surface area (Å²) in [5, 5.41) is 6.06. The molecule has 0 saturated carbocycles. The Hall–Kier alpha value is -3.61. The molecule has 0 saturated heterocycles. The van der Waals surface area contributed by atoms with Crippen LogP contribution in [0, 0.1) is 0 Å². The molecule has 2 aromatic carbocycles. The number of rotatable bonds is 9. The van der Waals surface area contributed by atoms with E-state index in [0.29, 0.717) is 25.4 Å². The molecule has 1 heterocycles. The molecule has 0 spiro atoms. The fourth-order valence-electron chi connectivity index (χ4n) is 2.85. The van der Waals surface area contributed by atoms with E-state index in [1.165, 1.54) is 6.33 Å². The lowest BCUT2D eigenvalue weighted by molar-refractivity contribution is 0.0949. The number of benzene rings is 2. The van der Waals surface area contributed by atoms with E-state index in [1.807, 2.05) is 55.5 Å². The molecule has 3 rings (SSSR count). The molecular weight excluding hydrogens is 368 g/mol. The van der Waals surface area contributed by atoms with E-state index in [1.54, 1.807) is 13.2 Å². The number of carbonyl (C=O) groups excluding carboxylic acids is 1. The zero-order chi connectivity index (χ0) is 20.5. The zero-order valence-electron chi connectivity index (χ0n) is 16.5. The average molecular weight is 392 g/mol. The number of hydrogen-bond acceptors (Lipinski definition) is 6. The number of ether oxygens (including phenoxy) is 2. The molecule has 7 heteroatoms. The summed E-state index contributed by atoms with van der Waals surface area (Å²) in [7, 11) is 1.64. The van der Waals surface area contributed by atoms with Crippen molar-refractivity contribution in [2.45, 2.75) is 13.3 Å². The minimum absolute atomic E-state index is 0.261. The van der Waals surface area contributed by atoms with E-state index in [0.717, 1.165) is 22.7 Å². The molecule has 150 valence electrons. The van der Waals surface area contributed by atoms with Crippen molar-refractivity contribution in [1.29, 1.82) is 0 Å². The normalized spacial score (nSPS) is 10.3. The van der Waals surface area contributed by atoms with E-state index >= 15 is 0 Å². The quantitative estimate of drug-likeness (QED) is 0.579. The third-order valence-electron chi connectivity index (χ3n) is 4.22. The zero-order valence-corrected chi connectivity index (χ0v) is 16.5.